The summed E-state index contributed by atoms with van der Waals surface area (Å²) < 4.78 is 0. The van der Waals surface area contributed by atoms with Gasteiger partial charge in [0.15, 0.2) is 0 Å². The van der Waals surface area contributed by atoms with E-state index in [1.54, 1.807) is 13.8 Å². The van der Waals surface area contributed by atoms with Crippen LogP contribution in [-0.4, -0.2) is 75.7 Å². The molecular weight excluding hydrogens is 458 g/mol. The van der Waals surface area contributed by atoms with Crippen molar-refractivity contribution < 1.29 is 39.0 Å². The van der Waals surface area contributed by atoms with Gasteiger partial charge in [0.05, 0.1) is 6.04 Å². The van der Waals surface area contributed by atoms with Crippen LogP contribution in [0.4, 0.5) is 0 Å². The van der Waals surface area contributed by atoms with Gasteiger partial charge in [0.2, 0.25) is 23.6 Å². The molecule has 4 unspecified atom stereocenters. The number of rotatable bonds is 16. The highest BCUT2D eigenvalue weighted by Gasteiger charge is 2.31. The van der Waals surface area contributed by atoms with Gasteiger partial charge >= 0.3 is 11.9 Å². The van der Waals surface area contributed by atoms with Crippen molar-refractivity contribution in [2.75, 3.05) is 5.75 Å². The quantitative estimate of drug-likeness (QED) is 0.111. The topological polar surface area (TPSA) is 231 Å². The number of hydrogen-bond donors (Lipinski definition) is 8. The van der Waals surface area contributed by atoms with Gasteiger partial charge < -0.3 is 37.6 Å². The number of carbonyl (C=O) groups excluding carboxylic acids is 4. The molecule has 0 saturated heterocycles. The minimum atomic E-state index is -1.48. The van der Waals surface area contributed by atoms with Crippen LogP contribution in [0.3, 0.4) is 0 Å². The van der Waals surface area contributed by atoms with E-state index in [1.807, 2.05) is 0 Å². The van der Waals surface area contributed by atoms with Crippen molar-refractivity contribution in [3.8, 4) is 0 Å². The number of hydrogen-bond acceptors (Lipinski definition) is 8. The second-order valence-corrected chi connectivity index (χ2v) is 8.24. The molecule has 4 atom stereocenters. The van der Waals surface area contributed by atoms with E-state index in [1.165, 1.54) is 0 Å². The number of aliphatic carboxylic acids is 2. The van der Waals surface area contributed by atoms with Crippen LogP contribution in [0.2, 0.25) is 0 Å². The van der Waals surface area contributed by atoms with Gasteiger partial charge in [-0.3, -0.25) is 24.0 Å². The Morgan fingerprint density at radius 2 is 1.30 bits per heavy atom. The molecule has 9 N–H and O–H groups in total. The maximum absolute atomic E-state index is 12.8. The fourth-order valence-corrected chi connectivity index (χ4v) is 2.86. The third kappa shape index (κ3) is 12.7. The van der Waals surface area contributed by atoms with Crippen molar-refractivity contribution in [2.24, 2.45) is 17.4 Å². The summed E-state index contributed by atoms with van der Waals surface area (Å²) in [6, 6.07) is -4.93. The predicted molar refractivity (Wildman–Crippen MR) is 120 cm³/mol. The van der Waals surface area contributed by atoms with Crippen LogP contribution >= 0.6 is 12.6 Å². The molecule has 14 heteroatoms. The van der Waals surface area contributed by atoms with Gasteiger partial charge in [-0.2, -0.15) is 12.6 Å². The Hall–Kier alpha value is -2.87. The lowest BCUT2D eigenvalue weighted by molar-refractivity contribution is -0.143. The number of nitrogens with two attached hydrogens (primary N) is 2. The number of carboxylic acids is 2. The zero-order chi connectivity index (χ0) is 25.7. The van der Waals surface area contributed by atoms with Crippen LogP contribution in [0, 0.1) is 5.92 Å². The summed E-state index contributed by atoms with van der Waals surface area (Å²) in [4.78, 5) is 70.9. The van der Waals surface area contributed by atoms with E-state index in [2.05, 4.69) is 28.6 Å². The van der Waals surface area contributed by atoms with Crippen LogP contribution in [0.1, 0.15) is 46.0 Å². The Morgan fingerprint density at radius 1 is 0.818 bits per heavy atom. The van der Waals surface area contributed by atoms with E-state index in [-0.39, 0.29) is 37.4 Å². The van der Waals surface area contributed by atoms with Crippen molar-refractivity contribution in [2.45, 2.75) is 70.1 Å². The minimum Gasteiger partial charge on any atom is -0.481 e. The average Bonchev–Trinajstić information content (AvgIpc) is 2.71. The molecular formula is C19H33N5O8S. The molecule has 33 heavy (non-hydrogen) atoms. The first-order chi connectivity index (χ1) is 15.3. The molecule has 0 aliphatic heterocycles. The van der Waals surface area contributed by atoms with Gasteiger partial charge in [0.25, 0.3) is 0 Å². The molecule has 0 aromatic rings. The molecule has 4 amide bonds. The largest absolute Gasteiger partial charge is 0.481 e. The molecule has 0 radical (unpaired) electrons. The van der Waals surface area contributed by atoms with Crippen molar-refractivity contribution in [1.82, 2.24) is 16.0 Å². The zero-order valence-electron chi connectivity index (χ0n) is 18.6. The van der Waals surface area contributed by atoms with Gasteiger partial charge in [-0.05, 0) is 25.2 Å². The van der Waals surface area contributed by atoms with Crippen LogP contribution in [0.25, 0.3) is 0 Å². The maximum Gasteiger partial charge on any atom is 0.326 e. The number of nitrogens with one attached hydrogen (secondary N) is 3. The summed E-state index contributed by atoms with van der Waals surface area (Å²) in [6.07, 6.45) is -1.24. The van der Waals surface area contributed by atoms with Gasteiger partial charge in [0.1, 0.15) is 18.1 Å². The standard InChI is InChI=1S/C19H33N5O8S/c1-9(2)7-13(24-16(28)10(20)8-33)18(30)22-11(4-6-15(26)27)17(29)23-12(19(31)32)3-5-14(21)25/h9-13,33H,3-8,20H2,1-2H3,(H2,21,25)(H,22,30)(H,23,29)(H,24,28)(H,26,27)(H,31,32). The van der Waals surface area contributed by atoms with Crippen LogP contribution in [-0.2, 0) is 28.8 Å². The van der Waals surface area contributed by atoms with E-state index in [9.17, 15) is 33.9 Å². The molecule has 0 bridgehead atoms. The highest BCUT2D eigenvalue weighted by atomic mass is 32.1. The molecule has 0 rings (SSSR count). The van der Waals surface area contributed by atoms with Crippen molar-refractivity contribution in [1.29, 1.82) is 0 Å². The highest BCUT2D eigenvalue weighted by Crippen LogP contribution is 2.08. The second kappa shape index (κ2) is 15.1. The van der Waals surface area contributed by atoms with Crippen LogP contribution in [0.5, 0.6) is 0 Å². The monoisotopic (exact) mass is 491 g/mol. The Balaban J connectivity index is 5.54. The Labute approximate surface area is 196 Å². The van der Waals surface area contributed by atoms with Crippen molar-refractivity contribution >= 4 is 48.2 Å². The van der Waals surface area contributed by atoms with E-state index < -0.39 is 66.2 Å². The number of carboxylic acid groups (broad SMARTS) is 2. The summed E-state index contributed by atoms with van der Waals surface area (Å²) in [5.41, 5.74) is 10.6. The summed E-state index contributed by atoms with van der Waals surface area (Å²) >= 11 is 3.93. The summed E-state index contributed by atoms with van der Waals surface area (Å²) in [6.45, 7) is 3.60. The van der Waals surface area contributed by atoms with E-state index in [4.69, 9.17) is 16.6 Å². The molecule has 0 aromatic heterocycles. The van der Waals surface area contributed by atoms with Crippen molar-refractivity contribution in [3.05, 3.63) is 0 Å². The normalized spacial score (nSPS) is 14.5. The highest BCUT2D eigenvalue weighted by molar-refractivity contribution is 7.80. The molecule has 0 saturated carbocycles. The fraction of sp³-hybridized carbons (Fsp3) is 0.684. The molecule has 0 spiro atoms. The number of carbonyl (C=O) groups is 6. The molecule has 13 nitrogen and oxygen atoms in total. The van der Waals surface area contributed by atoms with Crippen LogP contribution in [0.15, 0.2) is 0 Å². The van der Waals surface area contributed by atoms with Gasteiger partial charge in [-0.1, -0.05) is 13.8 Å². The van der Waals surface area contributed by atoms with Crippen molar-refractivity contribution in [3.63, 3.8) is 0 Å². The average molecular weight is 492 g/mol. The van der Waals surface area contributed by atoms with E-state index >= 15 is 0 Å². The molecule has 0 fully saturated rings. The van der Waals surface area contributed by atoms with Gasteiger partial charge in [-0.25, -0.2) is 4.79 Å². The lowest BCUT2D eigenvalue weighted by atomic mass is 10.0. The lowest BCUT2D eigenvalue weighted by Gasteiger charge is -2.25. The van der Waals surface area contributed by atoms with Crippen LogP contribution < -0.4 is 27.4 Å². The van der Waals surface area contributed by atoms with E-state index in [0.717, 1.165) is 0 Å². The predicted octanol–water partition coefficient (Wildman–Crippen LogP) is -2.04. The fourth-order valence-electron chi connectivity index (χ4n) is 2.69. The summed E-state index contributed by atoms with van der Waals surface area (Å²) in [7, 11) is 0. The number of primary amides is 1. The number of amides is 4. The summed E-state index contributed by atoms with van der Waals surface area (Å²) in [5.74, 6) is -5.79. The smallest absolute Gasteiger partial charge is 0.326 e. The molecule has 0 aliphatic carbocycles. The second-order valence-electron chi connectivity index (χ2n) is 7.88. The third-order valence-corrected chi connectivity index (χ3v) is 4.84. The first kappa shape index (κ1) is 30.1. The first-order valence-electron chi connectivity index (χ1n) is 10.3. The zero-order valence-corrected chi connectivity index (χ0v) is 19.5. The molecule has 0 aliphatic rings. The number of thiol groups is 1. The van der Waals surface area contributed by atoms with Gasteiger partial charge in [-0.15, -0.1) is 0 Å². The SMILES string of the molecule is CC(C)CC(NC(=O)C(N)CS)C(=O)NC(CCC(=O)O)C(=O)NC(CCC(N)=O)C(=O)O. The minimum absolute atomic E-state index is 0.0351. The molecule has 188 valence electrons. The Bertz CT molecular complexity index is 733. The molecule has 0 aromatic carbocycles. The maximum atomic E-state index is 12.8. The Kier molecular flexibility index (Phi) is 13.7. The Morgan fingerprint density at radius 3 is 1.76 bits per heavy atom. The third-order valence-electron chi connectivity index (χ3n) is 4.45. The van der Waals surface area contributed by atoms with E-state index in [0.29, 0.717) is 0 Å². The first-order valence-corrected chi connectivity index (χ1v) is 10.9. The molecule has 0 heterocycles. The summed E-state index contributed by atoms with van der Waals surface area (Å²) in [5, 5.41) is 25.3. The van der Waals surface area contributed by atoms with Gasteiger partial charge in [0, 0.05) is 18.6 Å². The lowest BCUT2D eigenvalue weighted by Crippen LogP contribution is -2.57.